The van der Waals surface area contributed by atoms with E-state index in [0.29, 0.717) is 17.0 Å². The molecule has 0 radical (unpaired) electrons. The van der Waals surface area contributed by atoms with Gasteiger partial charge in [-0.05, 0) is 101 Å². The topological polar surface area (TPSA) is 141 Å². The first-order valence-electron chi connectivity index (χ1n) is 14.7. The van der Waals surface area contributed by atoms with Gasteiger partial charge in [0.1, 0.15) is 40.7 Å². The number of fused-ring (bicyclic) bond motifs is 1. The Hall–Kier alpha value is -5.39. The van der Waals surface area contributed by atoms with Crippen molar-refractivity contribution in [3.8, 4) is 22.4 Å². The highest BCUT2D eigenvalue weighted by molar-refractivity contribution is 6.06. The molecule has 46 heavy (non-hydrogen) atoms. The van der Waals surface area contributed by atoms with Crippen molar-refractivity contribution in [2.24, 2.45) is 0 Å². The first-order chi connectivity index (χ1) is 21.7. The second kappa shape index (κ2) is 12.5. The Morgan fingerprint density at radius 1 is 0.913 bits per heavy atom. The highest BCUT2D eigenvalue weighted by Crippen LogP contribution is 2.37. The van der Waals surface area contributed by atoms with Crippen LogP contribution < -0.4 is 5.32 Å². The van der Waals surface area contributed by atoms with Gasteiger partial charge in [-0.15, -0.1) is 0 Å². The summed E-state index contributed by atoms with van der Waals surface area (Å²) >= 11 is 0. The zero-order valence-electron chi connectivity index (χ0n) is 26.4. The summed E-state index contributed by atoms with van der Waals surface area (Å²) < 4.78 is 25.8. The fourth-order valence-electron chi connectivity index (χ4n) is 4.79. The summed E-state index contributed by atoms with van der Waals surface area (Å²) in [5.41, 5.74) is 2.41. The number of nitrogens with zero attached hydrogens (tertiary/aromatic N) is 4. The van der Waals surface area contributed by atoms with Crippen LogP contribution in [0.1, 0.15) is 57.7 Å². The smallest absolute Gasteiger partial charge is 0.419 e. The van der Waals surface area contributed by atoms with Crippen molar-refractivity contribution in [3.63, 3.8) is 0 Å². The number of carbonyl (C=O) groups is 3. The van der Waals surface area contributed by atoms with Crippen molar-refractivity contribution in [1.29, 1.82) is 0 Å². The first kappa shape index (κ1) is 32.0. The lowest BCUT2D eigenvalue weighted by molar-refractivity contribution is 0.0488. The summed E-state index contributed by atoms with van der Waals surface area (Å²) in [4.78, 5) is 55.7. The predicted molar refractivity (Wildman–Crippen MR) is 170 cm³/mol. The molecule has 2 N–H and O–H groups in total. The maximum atomic E-state index is 14.0. The standard InChI is InChI=1S/C34H35FN6O5/c1-33(2,3)45-31(43)39-26(17-23-18-41(19-37-23)32(44)46-34(4,5)6)29(42)25-12-11-24-27(20-13-15-36-16-14-20)28(40-30(24)38-25)21-7-9-22(35)10-8-21/h7-16,18-19,26H,17H2,1-6H3,(H,38,40)(H,39,43)/t26-/m0/s1. The molecule has 0 aliphatic rings. The minimum atomic E-state index is -1.13. The van der Waals surface area contributed by atoms with E-state index in [-0.39, 0.29) is 17.9 Å². The molecule has 1 amide bonds. The molecule has 0 unspecified atom stereocenters. The third-order valence-electron chi connectivity index (χ3n) is 6.67. The number of rotatable bonds is 7. The molecule has 0 saturated carbocycles. The SMILES string of the molecule is CC(C)(C)OC(=O)N[C@@H](Cc1cn(C(=O)OC(C)(C)C)cn1)C(=O)c1ccc2c(-c3ccncc3)c(-c3ccc(F)cc3)[nH]c2n1. The second-order valence-corrected chi connectivity index (χ2v) is 12.7. The number of carbonyl (C=O) groups excluding carboxylic acids is 3. The molecule has 0 saturated heterocycles. The molecule has 238 valence electrons. The maximum absolute atomic E-state index is 14.0. The number of Topliss-reactive ketones (excluding diaryl/α,β-unsaturated/α-hetero) is 1. The van der Waals surface area contributed by atoms with Gasteiger partial charge in [0.2, 0.25) is 5.78 Å². The van der Waals surface area contributed by atoms with E-state index in [4.69, 9.17) is 9.47 Å². The van der Waals surface area contributed by atoms with E-state index in [0.717, 1.165) is 22.1 Å². The minimum Gasteiger partial charge on any atom is -0.444 e. The van der Waals surface area contributed by atoms with Crippen LogP contribution in [-0.2, 0) is 15.9 Å². The minimum absolute atomic E-state index is 0.0542. The Morgan fingerprint density at radius 2 is 1.59 bits per heavy atom. The number of aromatic amines is 1. The zero-order valence-corrected chi connectivity index (χ0v) is 26.4. The van der Waals surface area contributed by atoms with Crippen LogP contribution in [0.5, 0.6) is 0 Å². The number of ether oxygens (including phenoxy) is 2. The van der Waals surface area contributed by atoms with E-state index in [1.165, 1.54) is 29.2 Å². The van der Waals surface area contributed by atoms with Crippen LogP contribution in [0.3, 0.4) is 0 Å². The summed E-state index contributed by atoms with van der Waals surface area (Å²) in [6, 6.07) is 12.0. The normalized spacial score (nSPS) is 12.5. The molecule has 0 bridgehead atoms. The summed E-state index contributed by atoms with van der Waals surface area (Å²) in [7, 11) is 0. The number of halogens is 1. The summed E-state index contributed by atoms with van der Waals surface area (Å²) in [5, 5.41) is 3.38. The van der Waals surface area contributed by atoms with Gasteiger partial charge in [-0.1, -0.05) is 0 Å². The Kier molecular flexibility index (Phi) is 8.73. The molecule has 12 heteroatoms. The van der Waals surface area contributed by atoms with Crippen LogP contribution in [0, 0.1) is 5.82 Å². The number of pyridine rings is 2. The Balaban J connectivity index is 1.51. The third-order valence-corrected chi connectivity index (χ3v) is 6.67. The van der Waals surface area contributed by atoms with Gasteiger partial charge in [-0.25, -0.2) is 28.5 Å². The van der Waals surface area contributed by atoms with Crippen molar-refractivity contribution in [3.05, 3.63) is 90.7 Å². The number of aromatic nitrogens is 5. The average Bonchev–Trinajstić information content (AvgIpc) is 3.60. The van der Waals surface area contributed by atoms with E-state index in [1.807, 2.05) is 12.1 Å². The molecular weight excluding hydrogens is 591 g/mol. The van der Waals surface area contributed by atoms with Gasteiger partial charge in [-0.3, -0.25) is 9.78 Å². The molecule has 11 nitrogen and oxygen atoms in total. The average molecular weight is 627 g/mol. The van der Waals surface area contributed by atoms with Crippen molar-refractivity contribution < 1.29 is 28.2 Å². The van der Waals surface area contributed by atoms with Crippen LogP contribution >= 0.6 is 0 Å². The van der Waals surface area contributed by atoms with E-state index in [9.17, 15) is 18.8 Å². The van der Waals surface area contributed by atoms with Crippen molar-refractivity contribution >= 4 is 29.0 Å². The molecule has 4 aromatic heterocycles. The van der Waals surface area contributed by atoms with E-state index in [1.54, 1.807) is 78.2 Å². The number of imidazole rings is 1. The monoisotopic (exact) mass is 626 g/mol. The highest BCUT2D eigenvalue weighted by atomic mass is 19.1. The van der Waals surface area contributed by atoms with Gasteiger partial charge in [0.05, 0.1) is 11.4 Å². The summed E-state index contributed by atoms with van der Waals surface area (Å²) in [6.07, 6.45) is 4.60. The predicted octanol–water partition coefficient (Wildman–Crippen LogP) is 6.73. The van der Waals surface area contributed by atoms with Crippen LogP contribution in [0.4, 0.5) is 14.0 Å². The van der Waals surface area contributed by atoms with Crippen LogP contribution in [0.25, 0.3) is 33.4 Å². The molecule has 5 aromatic rings. The van der Waals surface area contributed by atoms with Crippen LogP contribution in [0.2, 0.25) is 0 Å². The molecule has 4 heterocycles. The second-order valence-electron chi connectivity index (χ2n) is 12.7. The quantitative estimate of drug-likeness (QED) is 0.190. The number of nitrogens with one attached hydrogen (secondary N) is 2. The molecule has 1 atom stereocenters. The van der Waals surface area contributed by atoms with Crippen LogP contribution in [0.15, 0.2) is 73.4 Å². The Morgan fingerprint density at radius 3 is 2.24 bits per heavy atom. The zero-order chi connectivity index (χ0) is 33.2. The van der Waals surface area contributed by atoms with Crippen molar-refractivity contribution in [2.75, 3.05) is 0 Å². The number of amides is 1. The summed E-state index contributed by atoms with van der Waals surface area (Å²) in [5.74, 6) is -0.862. The first-order valence-corrected chi connectivity index (χ1v) is 14.7. The lowest BCUT2D eigenvalue weighted by Gasteiger charge is -2.22. The number of hydrogen-bond donors (Lipinski definition) is 2. The lowest BCUT2D eigenvalue weighted by atomic mass is 9.99. The molecule has 0 spiro atoms. The molecule has 0 aliphatic heterocycles. The molecule has 0 fully saturated rings. The number of H-pyrrole nitrogens is 1. The lowest BCUT2D eigenvalue weighted by Crippen LogP contribution is -2.45. The number of hydrogen-bond acceptors (Lipinski definition) is 8. The number of alkyl carbamates (subject to hydrolysis) is 1. The van der Waals surface area contributed by atoms with E-state index in [2.05, 4.69) is 25.3 Å². The van der Waals surface area contributed by atoms with Crippen LogP contribution in [-0.4, -0.2) is 59.7 Å². The molecule has 0 aliphatic carbocycles. The number of ketones is 1. The van der Waals surface area contributed by atoms with Gasteiger partial charge in [0, 0.05) is 36.0 Å². The van der Waals surface area contributed by atoms with Crippen molar-refractivity contribution in [2.45, 2.75) is 65.2 Å². The van der Waals surface area contributed by atoms with E-state index < -0.39 is 35.2 Å². The van der Waals surface area contributed by atoms with Gasteiger partial charge >= 0.3 is 12.2 Å². The fraction of sp³-hybridized carbons (Fsp3) is 0.294. The molecule has 1 aromatic carbocycles. The maximum Gasteiger partial charge on any atom is 0.419 e. The highest BCUT2D eigenvalue weighted by Gasteiger charge is 2.29. The number of benzene rings is 1. The summed E-state index contributed by atoms with van der Waals surface area (Å²) in [6.45, 7) is 10.4. The van der Waals surface area contributed by atoms with Gasteiger partial charge in [-0.2, -0.15) is 0 Å². The third kappa shape index (κ3) is 7.63. The van der Waals surface area contributed by atoms with Gasteiger partial charge < -0.3 is 19.8 Å². The van der Waals surface area contributed by atoms with Gasteiger partial charge in [0.15, 0.2) is 0 Å². The Labute approximate surface area is 265 Å². The Bertz CT molecular complexity index is 1890. The fourth-order valence-corrected chi connectivity index (χ4v) is 4.79. The molecular formula is C34H35FN6O5. The molecule has 5 rings (SSSR count). The van der Waals surface area contributed by atoms with Crippen molar-refractivity contribution in [1.82, 2.24) is 29.8 Å². The van der Waals surface area contributed by atoms with E-state index >= 15 is 0 Å². The largest absolute Gasteiger partial charge is 0.444 e. The van der Waals surface area contributed by atoms with Gasteiger partial charge in [0.25, 0.3) is 0 Å².